The first-order valence-corrected chi connectivity index (χ1v) is 17.1. The second kappa shape index (κ2) is 12.4. The van der Waals surface area contributed by atoms with Crippen molar-refractivity contribution in [1.82, 2.24) is 4.31 Å². The number of carbonyl (C=O) groups is 1. The summed E-state index contributed by atoms with van der Waals surface area (Å²) in [6.07, 6.45) is -1.51. The van der Waals surface area contributed by atoms with Crippen LogP contribution in [0.5, 0.6) is 0 Å². The molecule has 1 heterocycles. The minimum atomic E-state index is -3.70. The molecule has 1 saturated heterocycles. The number of aliphatic hydroxyl groups excluding tert-OH is 1. The van der Waals surface area contributed by atoms with Gasteiger partial charge < -0.3 is 14.3 Å². The monoisotopic (exact) mass is 561 g/mol. The highest BCUT2D eigenvalue weighted by atomic mass is 32.2. The third kappa shape index (κ3) is 6.39. The molecule has 0 bridgehead atoms. The fraction of sp³-hybridized carbons (Fsp3) is 0.552. The molecule has 0 spiro atoms. The van der Waals surface area contributed by atoms with Crippen LogP contribution in [0.15, 0.2) is 54.6 Å². The number of nitrogens with zero attached hydrogens (tertiary/aromatic N) is 1. The SMILES string of the molecule is COC(=O)c1ccc([C@@H]2[C@@H](O)CN(S(=O)(=O)Cc3ccccc3)C[C@H]2O[Si](C(C)C)(C(C)C)C(C)C)cc1. The molecule has 0 radical (unpaired) electrons. The van der Waals surface area contributed by atoms with Crippen molar-refractivity contribution in [2.45, 2.75) is 82.0 Å². The average molecular weight is 562 g/mol. The number of sulfonamides is 1. The predicted molar refractivity (Wildman–Crippen MR) is 153 cm³/mol. The Labute approximate surface area is 229 Å². The second-order valence-corrected chi connectivity index (χ2v) is 18.6. The fourth-order valence-electron chi connectivity index (χ4n) is 6.24. The molecule has 0 aromatic heterocycles. The lowest BCUT2D eigenvalue weighted by Crippen LogP contribution is -2.59. The van der Waals surface area contributed by atoms with Gasteiger partial charge >= 0.3 is 5.97 Å². The zero-order chi connectivity index (χ0) is 28.3. The van der Waals surface area contributed by atoms with Crippen LogP contribution < -0.4 is 0 Å². The van der Waals surface area contributed by atoms with Crippen molar-refractivity contribution in [2.24, 2.45) is 0 Å². The summed E-state index contributed by atoms with van der Waals surface area (Å²) in [5.74, 6) is -1.00. The number of benzene rings is 2. The first-order chi connectivity index (χ1) is 17.8. The highest BCUT2D eigenvalue weighted by molar-refractivity contribution is 7.88. The molecule has 2 aromatic rings. The van der Waals surface area contributed by atoms with Crippen LogP contribution in [-0.2, 0) is 24.9 Å². The Kier molecular flexibility index (Phi) is 9.97. The number of β-amino-alcohol motifs (C(OH)–C–C–N with tert-alkyl or cyclic N) is 1. The van der Waals surface area contributed by atoms with Gasteiger partial charge in [-0.3, -0.25) is 0 Å². The molecule has 1 aliphatic rings. The van der Waals surface area contributed by atoms with Crippen LogP contribution in [0.25, 0.3) is 0 Å². The summed E-state index contributed by atoms with van der Waals surface area (Å²) in [7, 11) is -4.78. The molecule has 38 heavy (non-hydrogen) atoms. The third-order valence-electron chi connectivity index (χ3n) is 7.95. The minimum absolute atomic E-state index is 0.0158. The van der Waals surface area contributed by atoms with Gasteiger partial charge in [0.2, 0.25) is 18.3 Å². The van der Waals surface area contributed by atoms with E-state index in [9.17, 15) is 18.3 Å². The van der Waals surface area contributed by atoms with Gasteiger partial charge in [-0.25, -0.2) is 13.2 Å². The maximum atomic E-state index is 13.5. The maximum Gasteiger partial charge on any atom is 0.337 e. The van der Waals surface area contributed by atoms with Crippen LogP contribution in [0.3, 0.4) is 0 Å². The summed E-state index contributed by atoms with van der Waals surface area (Å²) in [5.41, 5.74) is 2.81. The molecule has 3 rings (SSSR count). The van der Waals surface area contributed by atoms with E-state index in [0.717, 1.165) is 5.56 Å². The van der Waals surface area contributed by atoms with Gasteiger partial charge in [-0.05, 0) is 39.9 Å². The minimum Gasteiger partial charge on any atom is -0.465 e. The molecule has 9 heteroatoms. The number of hydrogen-bond acceptors (Lipinski definition) is 6. The van der Waals surface area contributed by atoms with E-state index in [4.69, 9.17) is 9.16 Å². The van der Waals surface area contributed by atoms with E-state index in [1.54, 1.807) is 24.3 Å². The van der Waals surface area contributed by atoms with Crippen molar-refractivity contribution in [1.29, 1.82) is 0 Å². The van der Waals surface area contributed by atoms with E-state index < -0.39 is 42.4 Å². The van der Waals surface area contributed by atoms with Crippen molar-refractivity contribution in [3.63, 3.8) is 0 Å². The van der Waals surface area contributed by atoms with Gasteiger partial charge in [-0.2, -0.15) is 4.31 Å². The molecular formula is C29H43NO6SSi. The molecule has 7 nitrogen and oxygen atoms in total. The molecule has 1 aliphatic heterocycles. The van der Waals surface area contributed by atoms with Gasteiger partial charge in [-0.1, -0.05) is 84.0 Å². The largest absolute Gasteiger partial charge is 0.465 e. The van der Waals surface area contributed by atoms with E-state index in [1.807, 2.05) is 30.3 Å². The summed E-state index contributed by atoms with van der Waals surface area (Å²) in [4.78, 5) is 12.0. The Balaban J connectivity index is 2.03. The third-order valence-corrected chi connectivity index (χ3v) is 15.9. The summed E-state index contributed by atoms with van der Waals surface area (Å²) >= 11 is 0. The van der Waals surface area contributed by atoms with E-state index in [-0.39, 0.29) is 18.8 Å². The van der Waals surface area contributed by atoms with Gasteiger partial charge in [0.25, 0.3) is 0 Å². The van der Waals surface area contributed by atoms with Gasteiger partial charge in [0.15, 0.2) is 0 Å². The Morgan fingerprint density at radius 1 is 0.947 bits per heavy atom. The molecule has 0 aliphatic carbocycles. The molecule has 210 valence electrons. The van der Waals surface area contributed by atoms with Crippen molar-refractivity contribution in [3.05, 3.63) is 71.3 Å². The first-order valence-electron chi connectivity index (χ1n) is 13.4. The van der Waals surface area contributed by atoms with Crippen LogP contribution in [0.2, 0.25) is 16.6 Å². The summed E-state index contributed by atoms with van der Waals surface area (Å²) < 4.78 is 40.4. The Bertz CT molecular complexity index is 1150. The van der Waals surface area contributed by atoms with Crippen molar-refractivity contribution in [2.75, 3.05) is 20.2 Å². The van der Waals surface area contributed by atoms with Gasteiger partial charge in [0.05, 0.1) is 30.6 Å². The zero-order valence-corrected chi connectivity index (χ0v) is 25.4. The second-order valence-electron chi connectivity index (χ2n) is 11.2. The number of aliphatic hydroxyl groups is 1. The van der Waals surface area contributed by atoms with E-state index in [2.05, 4.69) is 41.5 Å². The summed E-state index contributed by atoms with van der Waals surface area (Å²) in [6, 6.07) is 16.1. The average Bonchev–Trinajstić information content (AvgIpc) is 2.86. The zero-order valence-electron chi connectivity index (χ0n) is 23.6. The highest BCUT2D eigenvalue weighted by Gasteiger charge is 2.51. The van der Waals surface area contributed by atoms with Crippen LogP contribution >= 0.6 is 0 Å². The van der Waals surface area contributed by atoms with Gasteiger partial charge in [0, 0.05) is 19.0 Å². The number of piperidine rings is 1. The number of methoxy groups -OCH3 is 1. The Morgan fingerprint density at radius 3 is 2.00 bits per heavy atom. The van der Waals surface area contributed by atoms with Gasteiger partial charge in [-0.15, -0.1) is 0 Å². The molecule has 0 saturated carbocycles. The molecule has 3 atom stereocenters. The lowest BCUT2D eigenvalue weighted by molar-refractivity contribution is 0.00141. The fourth-order valence-corrected chi connectivity index (χ4v) is 13.4. The lowest BCUT2D eigenvalue weighted by Gasteiger charge is -2.49. The number of carbonyl (C=O) groups excluding carboxylic acids is 1. The lowest BCUT2D eigenvalue weighted by atomic mass is 9.85. The normalized spacial score (nSPS) is 21.3. The van der Waals surface area contributed by atoms with Crippen LogP contribution in [0.4, 0.5) is 0 Å². The van der Waals surface area contributed by atoms with E-state index >= 15 is 0 Å². The number of rotatable bonds is 10. The molecule has 0 unspecified atom stereocenters. The summed E-state index contributed by atoms with van der Waals surface area (Å²) in [5, 5.41) is 11.5. The molecule has 2 aromatic carbocycles. The topological polar surface area (TPSA) is 93.1 Å². The van der Waals surface area contributed by atoms with Crippen LogP contribution in [0.1, 0.15) is 68.9 Å². The van der Waals surface area contributed by atoms with Crippen molar-refractivity contribution in [3.8, 4) is 0 Å². The number of hydrogen-bond donors (Lipinski definition) is 1. The van der Waals surface area contributed by atoms with Crippen molar-refractivity contribution < 1.29 is 27.5 Å². The number of esters is 1. The Morgan fingerprint density at radius 2 is 1.50 bits per heavy atom. The molecule has 1 fully saturated rings. The highest BCUT2D eigenvalue weighted by Crippen LogP contribution is 2.46. The first kappa shape index (κ1) is 30.5. The smallest absolute Gasteiger partial charge is 0.337 e. The van der Waals surface area contributed by atoms with Crippen molar-refractivity contribution >= 4 is 24.3 Å². The van der Waals surface area contributed by atoms with Crippen LogP contribution in [0, 0.1) is 0 Å². The Hall–Kier alpha value is -2.04. The van der Waals surface area contributed by atoms with Crippen LogP contribution in [-0.4, -0.2) is 64.5 Å². The van der Waals surface area contributed by atoms with E-state index in [1.165, 1.54) is 11.4 Å². The van der Waals surface area contributed by atoms with Gasteiger partial charge in [0.1, 0.15) is 0 Å². The van der Waals surface area contributed by atoms with E-state index in [0.29, 0.717) is 27.8 Å². The standard InChI is InChI=1S/C29H43NO6SSi/c1-20(2)38(21(3)4,22(5)6)36-27-18-30(37(33,34)19-23-11-9-8-10-12-23)17-26(31)28(27)24-13-15-25(16-14-24)29(32)35-7/h8-16,20-22,26-28,31H,17-19H2,1-7H3/t26-,27+,28+/m0/s1. The molecule has 0 amide bonds. The number of ether oxygens (including phenoxy) is 1. The quantitative estimate of drug-likeness (QED) is 0.312. The summed E-state index contributed by atoms with van der Waals surface area (Å²) in [6.45, 7) is 13.3. The molecule has 1 N–H and O–H groups in total. The predicted octanol–water partition coefficient (Wildman–Crippen LogP) is 5.32. The molecular weight excluding hydrogens is 518 g/mol. The maximum absolute atomic E-state index is 13.5.